The van der Waals surface area contributed by atoms with E-state index in [0.29, 0.717) is 12.6 Å². The van der Waals surface area contributed by atoms with E-state index in [1.54, 1.807) is 0 Å². The molecule has 0 aliphatic carbocycles. The molecule has 0 saturated carbocycles. The third kappa shape index (κ3) is 2.24. The lowest BCUT2D eigenvalue weighted by molar-refractivity contribution is 0.344. The SMILES string of the molecule is CC1NCCNC1c1ccc(F)cc1CN. The van der Waals surface area contributed by atoms with E-state index in [9.17, 15) is 4.39 Å². The minimum Gasteiger partial charge on any atom is -0.326 e. The van der Waals surface area contributed by atoms with Crippen molar-refractivity contribution in [2.45, 2.75) is 25.6 Å². The standard InChI is InChI=1S/C12H18FN3/c1-8-12(16-5-4-15-8)11-3-2-10(13)6-9(11)7-14/h2-3,6,8,12,15-16H,4-5,7,14H2,1H3. The van der Waals surface area contributed by atoms with Gasteiger partial charge in [0.25, 0.3) is 0 Å². The second-order valence-electron chi connectivity index (χ2n) is 4.22. The van der Waals surface area contributed by atoms with E-state index in [2.05, 4.69) is 17.6 Å². The van der Waals surface area contributed by atoms with Crippen molar-refractivity contribution in [2.75, 3.05) is 13.1 Å². The summed E-state index contributed by atoms with van der Waals surface area (Å²) in [6, 6.07) is 5.41. The highest BCUT2D eigenvalue weighted by Crippen LogP contribution is 2.23. The first-order valence-electron chi connectivity index (χ1n) is 5.67. The number of halogens is 1. The highest BCUT2D eigenvalue weighted by Gasteiger charge is 2.23. The van der Waals surface area contributed by atoms with E-state index in [4.69, 9.17) is 5.73 Å². The zero-order chi connectivity index (χ0) is 11.5. The quantitative estimate of drug-likeness (QED) is 0.698. The Hall–Kier alpha value is -0.970. The zero-order valence-corrected chi connectivity index (χ0v) is 9.46. The van der Waals surface area contributed by atoms with Crippen molar-refractivity contribution >= 4 is 0 Å². The summed E-state index contributed by atoms with van der Waals surface area (Å²) in [7, 11) is 0. The Morgan fingerprint density at radius 2 is 2.12 bits per heavy atom. The van der Waals surface area contributed by atoms with Gasteiger partial charge >= 0.3 is 0 Å². The van der Waals surface area contributed by atoms with Crippen LogP contribution in [-0.4, -0.2) is 19.1 Å². The van der Waals surface area contributed by atoms with Crippen LogP contribution in [0.2, 0.25) is 0 Å². The first kappa shape index (κ1) is 11.5. The molecule has 0 radical (unpaired) electrons. The molecule has 2 unspecified atom stereocenters. The first-order valence-corrected chi connectivity index (χ1v) is 5.67. The number of nitrogens with two attached hydrogens (primary N) is 1. The molecule has 1 heterocycles. The second kappa shape index (κ2) is 4.91. The average Bonchev–Trinajstić information content (AvgIpc) is 2.30. The van der Waals surface area contributed by atoms with Crippen molar-refractivity contribution in [1.29, 1.82) is 0 Å². The molecule has 1 aliphatic heterocycles. The molecule has 1 aromatic carbocycles. The molecule has 2 atom stereocenters. The summed E-state index contributed by atoms with van der Waals surface area (Å²) in [4.78, 5) is 0. The molecule has 1 aromatic rings. The van der Waals surface area contributed by atoms with Crippen LogP contribution in [0.25, 0.3) is 0 Å². The maximum atomic E-state index is 13.1. The maximum absolute atomic E-state index is 13.1. The van der Waals surface area contributed by atoms with Gasteiger partial charge in [0.15, 0.2) is 0 Å². The molecule has 4 heteroatoms. The van der Waals surface area contributed by atoms with Crippen molar-refractivity contribution in [3.8, 4) is 0 Å². The molecule has 1 saturated heterocycles. The minimum atomic E-state index is -0.222. The normalized spacial score (nSPS) is 25.7. The Balaban J connectivity index is 2.30. The highest BCUT2D eigenvalue weighted by molar-refractivity contribution is 5.32. The van der Waals surface area contributed by atoms with Crippen LogP contribution in [0.15, 0.2) is 18.2 Å². The largest absolute Gasteiger partial charge is 0.326 e. The van der Waals surface area contributed by atoms with Crippen molar-refractivity contribution < 1.29 is 4.39 Å². The van der Waals surface area contributed by atoms with Crippen LogP contribution < -0.4 is 16.4 Å². The van der Waals surface area contributed by atoms with Crippen LogP contribution in [0.1, 0.15) is 24.1 Å². The van der Waals surface area contributed by atoms with Gasteiger partial charge in [-0.1, -0.05) is 6.07 Å². The number of benzene rings is 1. The van der Waals surface area contributed by atoms with Gasteiger partial charge < -0.3 is 16.4 Å². The van der Waals surface area contributed by atoms with E-state index < -0.39 is 0 Å². The molecule has 0 bridgehead atoms. The lowest BCUT2D eigenvalue weighted by atomic mass is 9.94. The summed E-state index contributed by atoms with van der Waals surface area (Å²) in [5, 5.41) is 6.84. The molecule has 88 valence electrons. The van der Waals surface area contributed by atoms with Crippen LogP contribution in [0.3, 0.4) is 0 Å². The fraction of sp³-hybridized carbons (Fsp3) is 0.500. The van der Waals surface area contributed by atoms with Gasteiger partial charge in [0.1, 0.15) is 5.82 Å². The van der Waals surface area contributed by atoms with E-state index in [0.717, 1.165) is 24.2 Å². The van der Waals surface area contributed by atoms with Crippen molar-refractivity contribution in [3.05, 3.63) is 35.1 Å². The van der Waals surface area contributed by atoms with E-state index in [1.807, 2.05) is 6.07 Å². The van der Waals surface area contributed by atoms with Crippen molar-refractivity contribution in [2.24, 2.45) is 5.73 Å². The monoisotopic (exact) mass is 223 g/mol. The van der Waals surface area contributed by atoms with Crippen LogP contribution in [-0.2, 0) is 6.54 Å². The predicted octanol–water partition coefficient (Wildman–Crippen LogP) is 0.907. The number of nitrogens with one attached hydrogen (secondary N) is 2. The van der Waals surface area contributed by atoms with Gasteiger partial charge in [-0.05, 0) is 30.2 Å². The second-order valence-corrected chi connectivity index (χ2v) is 4.22. The lowest BCUT2D eigenvalue weighted by Crippen LogP contribution is -2.49. The van der Waals surface area contributed by atoms with Crippen LogP contribution in [0.4, 0.5) is 4.39 Å². The van der Waals surface area contributed by atoms with Gasteiger partial charge in [-0.25, -0.2) is 4.39 Å². The predicted molar refractivity (Wildman–Crippen MR) is 62.5 cm³/mol. The molecule has 4 N–H and O–H groups in total. The zero-order valence-electron chi connectivity index (χ0n) is 9.46. The number of hydrogen-bond acceptors (Lipinski definition) is 3. The summed E-state index contributed by atoms with van der Waals surface area (Å²) in [5.41, 5.74) is 7.64. The molecule has 2 rings (SSSR count). The van der Waals surface area contributed by atoms with Crippen molar-refractivity contribution in [3.63, 3.8) is 0 Å². The van der Waals surface area contributed by atoms with Crippen LogP contribution in [0, 0.1) is 5.82 Å². The van der Waals surface area contributed by atoms with E-state index in [-0.39, 0.29) is 11.9 Å². The smallest absolute Gasteiger partial charge is 0.123 e. The number of rotatable bonds is 2. The molecule has 16 heavy (non-hydrogen) atoms. The molecule has 0 aromatic heterocycles. The first-order chi connectivity index (χ1) is 7.72. The van der Waals surface area contributed by atoms with Gasteiger partial charge in [-0.15, -0.1) is 0 Å². The Morgan fingerprint density at radius 1 is 1.38 bits per heavy atom. The minimum absolute atomic E-state index is 0.216. The van der Waals surface area contributed by atoms with E-state index >= 15 is 0 Å². The third-order valence-corrected chi connectivity index (χ3v) is 3.12. The van der Waals surface area contributed by atoms with Crippen LogP contribution >= 0.6 is 0 Å². The fourth-order valence-electron chi connectivity index (χ4n) is 2.26. The number of piperazine rings is 1. The molecule has 0 amide bonds. The lowest BCUT2D eigenvalue weighted by Gasteiger charge is -2.32. The van der Waals surface area contributed by atoms with Crippen molar-refractivity contribution in [1.82, 2.24) is 10.6 Å². The third-order valence-electron chi connectivity index (χ3n) is 3.12. The maximum Gasteiger partial charge on any atom is 0.123 e. The molecular weight excluding hydrogens is 205 g/mol. The fourth-order valence-corrected chi connectivity index (χ4v) is 2.26. The molecule has 0 spiro atoms. The van der Waals surface area contributed by atoms with E-state index in [1.165, 1.54) is 12.1 Å². The topological polar surface area (TPSA) is 50.1 Å². The summed E-state index contributed by atoms with van der Waals surface area (Å²) in [6.07, 6.45) is 0. The van der Waals surface area contributed by atoms with Crippen LogP contribution in [0.5, 0.6) is 0 Å². The molecular formula is C12H18FN3. The Bertz CT molecular complexity index is 367. The molecule has 1 fully saturated rings. The Morgan fingerprint density at radius 3 is 2.81 bits per heavy atom. The Kier molecular flexibility index (Phi) is 3.53. The summed E-state index contributed by atoms with van der Waals surface area (Å²) >= 11 is 0. The summed E-state index contributed by atoms with van der Waals surface area (Å²) < 4.78 is 13.1. The van der Waals surface area contributed by atoms with Gasteiger partial charge in [0.2, 0.25) is 0 Å². The average molecular weight is 223 g/mol. The van der Waals surface area contributed by atoms with Gasteiger partial charge in [-0.2, -0.15) is 0 Å². The van der Waals surface area contributed by atoms with Gasteiger partial charge in [0.05, 0.1) is 0 Å². The molecule has 3 nitrogen and oxygen atoms in total. The Labute approximate surface area is 95.2 Å². The van der Waals surface area contributed by atoms with Gasteiger partial charge in [0, 0.05) is 31.7 Å². The summed E-state index contributed by atoms with van der Waals surface area (Å²) in [5.74, 6) is -0.222. The molecule has 1 aliphatic rings. The summed E-state index contributed by atoms with van der Waals surface area (Å²) in [6.45, 7) is 4.39. The van der Waals surface area contributed by atoms with Gasteiger partial charge in [-0.3, -0.25) is 0 Å². The number of hydrogen-bond donors (Lipinski definition) is 3. The highest BCUT2D eigenvalue weighted by atomic mass is 19.1.